The summed E-state index contributed by atoms with van der Waals surface area (Å²) in [6, 6.07) is 3.78. The number of aldehydes is 1. The molecule has 2 rings (SSSR count). The molecule has 0 aliphatic carbocycles. The average molecular weight is 176 g/mol. The van der Waals surface area contributed by atoms with Crippen LogP contribution in [0, 0.1) is 6.92 Å². The molecule has 1 atom stereocenters. The van der Waals surface area contributed by atoms with Crippen LogP contribution in [0.25, 0.3) is 0 Å². The molecule has 2 heteroatoms. The molecule has 2 nitrogen and oxygen atoms in total. The van der Waals surface area contributed by atoms with E-state index < -0.39 is 0 Å². The van der Waals surface area contributed by atoms with Crippen molar-refractivity contribution in [3.8, 4) is 5.75 Å². The van der Waals surface area contributed by atoms with Gasteiger partial charge >= 0.3 is 0 Å². The van der Waals surface area contributed by atoms with Crippen LogP contribution in [0.4, 0.5) is 0 Å². The first-order valence-corrected chi connectivity index (χ1v) is 4.46. The van der Waals surface area contributed by atoms with Gasteiger partial charge in [0.1, 0.15) is 18.1 Å². The number of carbonyl (C=O) groups excluding carboxylic acids is 1. The van der Waals surface area contributed by atoms with Gasteiger partial charge in [-0.1, -0.05) is 0 Å². The van der Waals surface area contributed by atoms with Gasteiger partial charge in [0.15, 0.2) is 0 Å². The number of ether oxygens (including phenoxy) is 1. The fourth-order valence-corrected chi connectivity index (χ4v) is 1.82. The Morgan fingerprint density at radius 3 is 3.00 bits per heavy atom. The van der Waals surface area contributed by atoms with E-state index in [4.69, 9.17) is 4.74 Å². The maximum atomic E-state index is 10.6. The summed E-state index contributed by atoms with van der Waals surface area (Å²) >= 11 is 0. The van der Waals surface area contributed by atoms with Crippen molar-refractivity contribution >= 4 is 6.29 Å². The van der Waals surface area contributed by atoms with Crippen molar-refractivity contribution < 1.29 is 9.53 Å². The van der Waals surface area contributed by atoms with Crippen molar-refractivity contribution in [2.24, 2.45) is 0 Å². The van der Waals surface area contributed by atoms with Gasteiger partial charge in [-0.15, -0.1) is 0 Å². The van der Waals surface area contributed by atoms with Crippen molar-refractivity contribution in [3.05, 3.63) is 28.8 Å². The first kappa shape index (κ1) is 8.30. The summed E-state index contributed by atoms with van der Waals surface area (Å²) in [5, 5.41) is 0. The first-order chi connectivity index (χ1) is 6.20. The van der Waals surface area contributed by atoms with E-state index in [1.54, 1.807) is 0 Å². The molecule has 0 aromatic heterocycles. The SMILES string of the molecule is Cc1cc(C=O)cc2c1OC(C)C2. The molecule has 68 valence electrons. The van der Waals surface area contributed by atoms with Crippen LogP contribution in [0.15, 0.2) is 12.1 Å². The van der Waals surface area contributed by atoms with E-state index in [1.165, 1.54) is 0 Å². The number of aryl methyl sites for hydroxylation is 1. The molecule has 0 amide bonds. The van der Waals surface area contributed by atoms with E-state index in [1.807, 2.05) is 26.0 Å². The van der Waals surface area contributed by atoms with Crippen LogP contribution in [0.5, 0.6) is 5.75 Å². The third kappa shape index (κ3) is 1.32. The van der Waals surface area contributed by atoms with Crippen molar-refractivity contribution in [2.45, 2.75) is 26.4 Å². The van der Waals surface area contributed by atoms with E-state index >= 15 is 0 Å². The average Bonchev–Trinajstić information content (AvgIpc) is 2.46. The van der Waals surface area contributed by atoms with E-state index in [9.17, 15) is 4.79 Å². The Labute approximate surface area is 77.5 Å². The Hall–Kier alpha value is -1.31. The molecule has 13 heavy (non-hydrogen) atoms. The first-order valence-electron chi connectivity index (χ1n) is 4.46. The van der Waals surface area contributed by atoms with Crippen LogP contribution in [-0.4, -0.2) is 12.4 Å². The Balaban J connectivity index is 2.52. The highest BCUT2D eigenvalue weighted by atomic mass is 16.5. The van der Waals surface area contributed by atoms with Gasteiger partial charge in [-0.25, -0.2) is 0 Å². The van der Waals surface area contributed by atoms with Crippen molar-refractivity contribution in [1.82, 2.24) is 0 Å². The molecule has 0 radical (unpaired) electrons. The van der Waals surface area contributed by atoms with E-state index in [0.717, 1.165) is 35.1 Å². The second-order valence-electron chi connectivity index (χ2n) is 3.58. The molecular formula is C11H12O2. The zero-order valence-electron chi connectivity index (χ0n) is 7.83. The van der Waals surface area contributed by atoms with Gasteiger partial charge in [-0.05, 0) is 37.1 Å². The number of carbonyl (C=O) groups is 1. The second-order valence-corrected chi connectivity index (χ2v) is 3.58. The number of benzene rings is 1. The quantitative estimate of drug-likeness (QED) is 0.613. The largest absolute Gasteiger partial charge is 0.490 e. The Kier molecular flexibility index (Phi) is 1.83. The topological polar surface area (TPSA) is 26.3 Å². The standard InChI is InChI=1S/C11H12O2/c1-7-3-9(6-12)5-10-4-8(2)13-11(7)10/h3,5-6,8H,4H2,1-2H3. The second kappa shape index (κ2) is 2.87. The predicted molar refractivity (Wildman–Crippen MR) is 50.4 cm³/mol. The molecule has 0 saturated carbocycles. The fourth-order valence-electron chi connectivity index (χ4n) is 1.82. The number of rotatable bonds is 1. The van der Waals surface area contributed by atoms with Gasteiger partial charge in [0, 0.05) is 12.0 Å². The highest BCUT2D eigenvalue weighted by Crippen LogP contribution is 2.32. The Bertz CT molecular complexity index is 355. The summed E-state index contributed by atoms with van der Waals surface area (Å²) in [6.07, 6.45) is 2.05. The molecule has 1 aliphatic rings. The van der Waals surface area contributed by atoms with E-state index in [0.29, 0.717) is 0 Å². The normalized spacial score (nSPS) is 19.4. The van der Waals surface area contributed by atoms with Crippen LogP contribution in [0.3, 0.4) is 0 Å². The summed E-state index contributed by atoms with van der Waals surface area (Å²) in [7, 11) is 0. The molecule has 0 N–H and O–H groups in total. The Morgan fingerprint density at radius 2 is 2.31 bits per heavy atom. The monoisotopic (exact) mass is 176 g/mol. The Morgan fingerprint density at radius 1 is 1.54 bits per heavy atom. The van der Waals surface area contributed by atoms with Crippen LogP contribution >= 0.6 is 0 Å². The molecule has 1 aromatic rings. The predicted octanol–water partition coefficient (Wildman–Crippen LogP) is 2.13. The molecule has 1 heterocycles. The molecular weight excluding hydrogens is 164 g/mol. The maximum Gasteiger partial charge on any atom is 0.150 e. The summed E-state index contributed by atoms with van der Waals surface area (Å²) in [5.74, 6) is 0.970. The van der Waals surface area contributed by atoms with Gasteiger partial charge in [-0.3, -0.25) is 4.79 Å². The molecule has 1 aromatic carbocycles. The van der Waals surface area contributed by atoms with Gasteiger partial charge in [0.25, 0.3) is 0 Å². The molecule has 0 fully saturated rings. The number of hydrogen-bond acceptors (Lipinski definition) is 2. The van der Waals surface area contributed by atoms with E-state index in [2.05, 4.69) is 0 Å². The lowest BCUT2D eigenvalue weighted by molar-refractivity contribution is 0.112. The van der Waals surface area contributed by atoms with Gasteiger partial charge in [-0.2, -0.15) is 0 Å². The lowest BCUT2D eigenvalue weighted by Gasteiger charge is -2.05. The van der Waals surface area contributed by atoms with Crippen molar-refractivity contribution in [1.29, 1.82) is 0 Å². The molecule has 0 bridgehead atoms. The van der Waals surface area contributed by atoms with Crippen LogP contribution in [0.2, 0.25) is 0 Å². The lowest BCUT2D eigenvalue weighted by Crippen LogP contribution is -2.05. The third-order valence-electron chi connectivity index (χ3n) is 2.34. The molecule has 0 saturated heterocycles. The summed E-state index contributed by atoms with van der Waals surface area (Å²) in [5.41, 5.74) is 2.97. The highest BCUT2D eigenvalue weighted by Gasteiger charge is 2.21. The van der Waals surface area contributed by atoms with Gasteiger partial charge < -0.3 is 4.74 Å². The van der Waals surface area contributed by atoms with E-state index in [-0.39, 0.29) is 6.10 Å². The minimum atomic E-state index is 0.246. The lowest BCUT2D eigenvalue weighted by atomic mass is 10.0. The summed E-state index contributed by atoms with van der Waals surface area (Å²) < 4.78 is 5.62. The third-order valence-corrected chi connectivity index (χ3v) is 2.34. The van der Waals surface area contributed by atoms with Crippen molar-refractivity contribution in [3.63, 3.8) is 0 Å². The minimum absolute atomic E-state index is 0.246. The molecule has 1 aliphatic heterocycles. The molecule has 1 unspecified atom stereocenters. The van der Waals surface area contributed by atoms with Crippen LogP contribution < -0.4 is 4.74 Å². The van der Waals surface area contributed by atoms with Gasteiger partial charge in [0.2, 0.25) is 0 Å². The van der Waals surface area contributed by atoms with Crippen molar-refractivity contribution in [2.75, 3.05) is 0 Å². The highest BCUT2D eigenvalue weighted by molar-refractivity contribution is 5.76. The number of fused-ring (bicyclic) bond motifs is 1. The summed E-state index contributed by atoms with van der Waals surface area (Å²) in [4.78, 5) is 10.6. The van der Waals surface area contributed by atoms with Crippen LogP contribution in [0.1, 0.15) is 28.4 Å². The minimum Gasteiger partial charge on any atom is -0.490 e. The zero-order valence-corrected chi connectivity index (χ0v) is 7.83. The number of hydrogen-bond donors (Lipinski definition) is 0. The van der Waals surface area contributed by atoms with Gasteiger partial charge in [0.05, 0.1) is 0 Å². The smallest absolute Gasteiger partial charge is 0.150 e. The molecule has 0 spiro atoms. The van der Waals surface area contributed by atoms with Crippen LogP contribution in [-0.2, 0) is 6.42 Å². The fraction of sp³-hybridized carbons (Fsp3) is 0.364. The zero-order chi connectivity index (χ0) is 9.42. The summed E-state index contributed by atoms with van der Waals surface area (Å²) in [6.45, 7) is 4.02. The maximum absolute atomic E-state index is 10.6.